The lowest BCUT2D eigenvalue weighted by molar-refractivity contribution is 0.392. The zero-order chi connectivity index (χ0) is 15.2. The number of aryl methyl sites for hydroxylation is 1. The van der Waals surface area contributed by atoms with E-state index < -0.39 is 0 Å². The molecule has 0 saturated carbocycles. The Hall–Kier alpha value is -1.94. The first-order valence-electron chi connectivity index (χ1n) is 7.20. The Morgan fingerprint density at radius 3 is 2.29 bits per heavy atom. The van der Waals surface area contributed by atoms with Crippen molar-refractivity contribution in [1.82, 2.24) is 5.32 Å². The van der Waals surface area contributed by atoms with Gasteiger partial charge in [0.05, 0.1) is 26.5 Å². The van der Waals surface area contributed by atoms with Gasteiger partial charge in [-0.15, -0.1) is 0 Å². The van der Waals surface area contributed by atoms with E-state index in [1.165, 1.54) is 0 Å². The number of hydrogen-bond acceptors (Lipinski definition) is 4. The average Bonchev–Trinajstić information content (AvgIpc) is 2.93. The third kappa shape index (κ3) is 3.58. The molecule has 114 valence electrons. The molecule has 0 spiro atoms. The maximum Gasteiger partial charge on any atom is 0.122 e. The summed E-state index contributed by atoms with van der Waals surface area (Å²) in [5, 5.41) is 3.56. The molecule has 1 unspecified atom stereocenters. The molecular weight excluding hydrogens is 266 g/mol. The minimum Gasteiger partial charge on any atom is -0.497 e. The van der Waals surface area contributed by atoms with Crippen LogP contribution in [0.5, 0.6) is 11.5 Å². The van der Waals surface area contributed by atoms with Crippen LogP contribution in [0.15, 0.2) is 34.9 Å². The van der Waals surface area contributed by atoms with Gasteiger partial charge >= 0.3 is 0 Å². The molecular formula is C17H23NO3. The fourth-order valence-corrected chi connectivity index (χ4v) is 2.39. The highest BCUT2D eigenvalue weighted by Gasteiger charge is 2.19. The summed E-state index contributed by atoms with van der Waals surface area (Å²) in [5.74, 6) is 2.49. The topological polar surface area (TPSA) is 43.6 Å². The molecule has 0 aliphatic heterocycles. The molecule has 0 aliphatic rings. The lowest BCUT2D eigenvalue weighted by Crippen LogP contribution is -2.23. The van der Waals surface area contributed by atoms with Crippen LogP contribution in [0.2, 0.25) is 0 Å². The smallest absolute Gasteiger partial charge is 0.122 e. The zero-order valence-corrected chi connectivity index (χ0v) is 13.1. The van der Waals surface area contributed by atoms with Gasteiger partial charge < -0.3 is 19.2 Å². The normalized spacial score (nSPS) is 12.2. The Kier molecular flexibility index (Phi) is 5.28. The van der Waals surface area contributed by atoms with Crippen molar-refractivity contribution in [3.8, 4) is 11.5 Å². The van der Waals surface area contributed by atoms with Crippen LogP contribution in [0.25, 0.3) is 0 Å². The van der Waals surface area contributed by atoms with Crippen molar-refractivity contribution in [2.45, 2.75) is 26.3 Å². The summed E-state index contributed by atoms with van der Waals surface area (Å²) in [6.07, 6.45) is 2.79. The molecule has 1 heterocycles. The summed E-state index contributed by atoms with van der Waals surface area (Å²) < 4.78 is 16.2. The molecule has 1 aromatic heterocycles. The molecule has 4 nitrogen and oxygen atoms in total. The SMILES string of the molecule is CCCNC(c1cc(OC)cc(OC)c1)c1ccoc1C. The van der Waals surface area contributed by atoms with Crippen molar-refractivity contribution in [1.29, 1.82) is 0 Å². The van der Waals surface area contributed by atoms with Crippen molar-refractivity contribution < 1.29 is 13.9 Å². The Morgan fingerprint density at radius 1 is 1.14 bits per heavy atom. The second-order valence-electron chi connectivity index (χ2n) is 4.97. The fourth-order valence-electron chi connectivity index (χ4n) is 2.39. The molecule has 0 bridgehead atoms. The van der Waals surface area contributed by atoms with Gasteiger partial charge in [-0.1, -0.05) is 6.92 Å². The van der Waals surface area contributed by atoms with Crippen LogP contribution in [0, 0.1) is 6.92 Å². The van der Waals surface area contributed by atoms with Crippen LogP contribution >= 0.6 is 0 Å². The molecule has 1 aromatic carbocycles. The molecule has 1 N–H and O–H groups in total. The summed E-state index contributed by atoms with van der Waals surface area (Å²) in [4.78, 5) is 0. The maximum absolute atomic E-state index is 5.46. The van der Waals surface area contributed by atoms with Crippen LogP contribution in [-0.4, -0.2) is 20.8 Å². The van der Waals surface area contributed by atoms with Gasteiger partial charge in [-0.25, -0.2) is 0 Å². The molecule has 2 rings (SSSR count). The first kappa shape index (κ1) is 15.4. The van der Waals surface area contributed by atoms with Crippen molar-refractivity contribution in [2.24, 2.45) is 0 Å². The van der Waals surface area contributed by atoms with E-state index in [0.29, 0.717) is 0 Å². The number of nitrogens with one attached hydrogen (secondary N) is 1. The number of furan rings is 1. The molecule has 4 heteroatoms. The van der Waals surface area contributed by atoms with Gasteiger partial charge in [0, 0.05) is 11.6 Å². The number of benzene rings is 1. The highest BCUT2D eigenvalue weighted by molar-refractivity contribution is 5.43. The van der Waals surface area contributed by atoms with Gasteiger partial charge in [-0.3, -0.25) is 0 Å². The molecule has 0 aliphatic carbocycles. The molecule has 0 amide bonds. The van der Waals surface area contributed by atoms with E-state index >= 15 is 0 Å². The van der Waals surface area contributed by atoms with Crippen molar-refractivity contribution in [3.05, 3.63) is 47.4 Å². The highest BCUT2D eigenvalue weighted by atomic mass is 16.5. The molecule has 0 saturated heterocycles. The number of ether oxygens (including phenoxy) is 2. The van der Waals surface area contributed by atoms with E-state index in [1.807, 2.05) is 31.2 Å². The largest absolute Gasteiger partial charge is 0.497 e. The average molecular weight is 289 g/mol. The van der Waals surface area contributed by atoms with Crippen molar-refractivity contribution in [2.75, 3.05) is 20.8 Å². The Bertz CT molecular complexity index is 555. The molecule has 0 fully saturated rings. The summed E-state index contributed by atoms with van der Waals surface area (Å²) in [6.45, 7) is 5.06. The second kappa shape index (κ2) is 7.18. The summed E-state index contributed by atoms with van der Waals surface area (Å²) in [7, 11) is 3.33. The fraction of sp³-hybridized carbons (Fsp3) is 0.412. The lowest BCUT2D eigenvalue weighted by Gasteiger charge is -2.20. The predicted octanol–water partition coefficient (Wildman–Crippen LogP) is 3.69. The number of hydrogen-bond donors (Lipinski definition) is 1. The van der Waals surface area contributed by atoms with Gasteiger partial charge in [-0.2, -0.15) is 0 Å². The van der Waals surface area contributed by atoms with Crippen LogP contribution in [0.3, 0.4) is 0 Å². The van der Waals surface area contributed by atoms with E-state index in [-0.39, 0.29) is 6.04 Å². The molecule has 1 atom stereocenters. The van der Waals surface area contributed by atoms with E-state index in [2.05, 4.69) is 12.2 Å². The minimum atomic E-state index is 0.0627. The summed E-state index contributed by atoms with van der Waals surface area (Å²) in [5.41, 5.74) is 2.24. The zero-order valence-electron chi connectivity index (χ0n) is 13.1. The number of rotatable bonds is 7. The molecule has 21 heavy (non-hydrogen) atoms. The quantitative estimate of drug-likeness (QED) is 0.844. The van der Waals surface area contributed by atoms with Gasteiger partial charge in [0.2, 0.25) is 0 Å². The van der Waals surface area contributed by atoms with Gasteiger partial charge in [0.1, 0.15) is 17.3 Å². The van der Waals surface area contributed by atoms with Crippen LogP contribution in [0.4, 0.5) is 0 Å². The van der Waals surface area contributed by atoms with Gasteiger partial charge in [-0.05, 0) is 43.7 Å². The lowest BCUT2D eigenvalue weighted by atomic mass is 9.98. The summed E-state index contributed by atoms with van der Waals surface area (Å²) >= 11 is 0. The predicted molar refractivity (Wildman–Crippen MR) is 83.1 cm³/mol. The van der Waals surface area contributed by atoms with Gasteiger partial charge in [0.15, 0.2) is 0 Å². The maximum atomic E-state index is 5.46. The minimum absolute atomic E-state index is 0.0627. The van der Waals surface area contributed by atoms with Crippen LogP contribution in [0.1, 0.15) is 36.3 Å². The van der Waals surface area contributed by atoms with Gasteiger partial charge in [0.25, 0.3) is 0 Å². The second-order valence-corrected chi connectivity index (χ2v) is 4.97. The standard InChI is InChI=1S/C17H23NO3/c1-5-7-18-17(16-6-8-21-12(16)2)13-9-14(19-3)11-15(10-13)20-4/h6,8-11,17-18H,5,7H2,1-4H3. The monoisotopic (exact) mass is 289 g/mol. The third-order valence-electron chi connectivity index (χ3n) is 3.52. The molecule has 2 aromatic rings. The Labute approximate surface area is 126 Å². The van der Waals surface area contributed by atoms with E-state index in [0.717, 1.165) is 41.4 Å². The molecule has 0 radical (unpaired) electrons. The van der Waals surface area contributed by atoms with E-state index in [4.69, 9.17) is 13.9 Å². The van der Waals surface area contributed by atoms with E-state index in [1.54, 1.807) is 20.5 Å². The highest BCUT2D eigenvalue weighted by Crippen LogP contribution is 2.31. The first-order valence-corrected chi connectivity index (χ1v) is 7.20. The third-order valence-corrected chi connectivity index (χ3v) is 3.52. The Morgan fingerprint density at radius 2 is 1.81 bits per heavy atom. The van der Waals surface area contributed by atoms with Crippen molar-refractivity contribution in [3.63, 3.8) is 0 Å². The first-order chi connectivity index (χ1) is 10.2. The van der Waals surface area contributed by atoms with Crippen LogP contribution in [-0.2, 0) is 0 Å². The van der Waals surface area contributed by atoms with Crippen molar-refractivity contribution >= 4 is 0 Å². The summed E-state index contributed by atoms with van der Waals surface area (Å²) in [6, 6.07) is 8.01. The Balaban J connectivity index is 2.43. The van der Waals surface area contributed by atoms with Crippen LogP contribution < -0.4 is 14.8 Å². The number of methoxy groups -OCH3 is 2. The van der Waals surface area contributed by atoms with E-state index in [9.17, 15) is 0 Å².